The normalized spacial score (nSPS) is 13.8. The van der Waals surface area contributed by atoms with Crippen molar-refractivity contribution in [3.05, 3.63) is 265 Å². The molecule has 2 heteroatoms. The summed E-state index contributed by atoms with van der Waals surface area (Å²) in [4.78, 5) is 4.87. The molecule has 2 aliphatic rings. The fraction of sp³-hybridized carbons (Fsp3) is 0.130. The summed E-state index contributed by atoms with van der Waals surface area (Å²) in [7, 11) is 0. The van der Waals surface area contributed by atoms with Crippen molar-refractivity contribution in [3.8, 4) is 55.6 Å². The van der Waals surface area contributed by atoms with Gasteiger partial charge in [-0.05, 0) is 170 Å². The molecule has 0 heterocycles. The molecule has 10 aromatic carbocycles. The van der Waals surface area contributed by atoms with Crippen molar-refractivity contribution in [2.45, 2.75) is 57.3 Å². The number of hydrogen-bond acceptors (Lipinski definition) is 2. The molecule has 344 valence electrons. The van der Waals surface area contributed by atoms with E-state index < -0.39 is 0 Å². The number of rotatable bonds is 11. The third-order valence-electron chi connectivity index (χ3n) is 15.3. The summed E-state index contributed by atoms with van der Waals surface area (Å²) < 4.78 is 0. The summed E-state index contributed by atoms with van der Waals surface area (Å²) in [5, 5.41) is 0. The van der Waals surface area contributed by atoms with Gasteiger partial charge in [0.2, 0.25) is 0 Å². The van der Waals surface area contributed by atoms with E-state index in [2.05, 4.69) is 272 Å². The van der Waals surface area contributed by atoms with Gasteiger partial charge >= 0.3 is 0 Å². The van der Waals surface area contributed by atoms with Crippen molar-refractivity contribution in [2.75, 3.05) is 9.80 Å². The van der Waals surface area contributed by atoms with Crippen LogP contribution in [0, 0.1) is 0 Å². The van der Waals surface area contributed by atoms with Crippen molar-refractivity contribution < 1.29 is 0 Å². The van der Waals surface area contributed by atoms with Gasteiger partial charge in [0, 0.05) is 39.5 Å². The van der Waals surface area contributed by atoms with E-state index in [0.717, 1.165) is 22.7 Å². The highest BCUT2D eigenvalue weighted by molar-refractivity contribution is 5.96. The molecule has 0 unspecified atom stereocenters. The third-order valence-corrected chi connectivity index (χ3v) is 15.3. The first kappa shape index (κ1) is 44.0. The highest BCUT2D eigenvalue weighted by atomic mass is 15.1. The van der Waals surface area contributed by atoms with E-state index in [0.29, 0.717) is 5.92 Å². The minimum absolute atomic E-state index is 0.108. The van der Waals surface area contributed by atoms with Crippen LogP contribution in [0.3, 0.4) is 0 Å². The summed E-state index contributed by atoms with van der Waals surface area (Å²) in [5.74, 6) is 0.545. The Labute approximate surface area is 420 Å². The van der Waals surface area contributed by atoms with Crippen LogP contribution in [0.15, 0.2) is 249 Å². The van der Waals surface area contributed by atoms with Crippen LogP contribution in [0.1, 0.15) is 68.6 Å². The molecule has 12 rings (SSSR count). The van der Waals surface area contributed by atoms with E-state index in [1.54, 1.807) is 0 Å². The molecule has 0 atom stereocenters. The first-order chi connectivity index (χ1) is 35.0. The third kappa shape index (κ3) is 8.34. The summed E-state index contributed by atoms with van der Waals surface area (Å²) >= 11 is 0. The highest BCUT2D eigenvalue weighted by Gasteiger charge is 2.36. The van der Waals surface area contributed by atoms with Crippen molar-refractivity contribution in [1.29, 1.82) is 0 Å². The number of nitrogens with zero attached hydrogens (tertiary/aromatic N) is 2. The molecule has 0 radical (unpaired) electrons. The molecule has 0 aliphatic heterocycles. The lowest BCUT2D eigenvalue weighted by Crippen LogP contribution is -2.18. The molecule has 10 aromatic rings. The van der Waals surface area contributed by atoms with E-state index in [1.807, 2.05) is 0 Å². The van der Waals surface area contributed by atoms with Crippen molar-refractivity contribution in [1.82, 2.24) is 0 Å². The Morgan fingerprint density at radius 2 is 0.718 bits per heavy atom. The minimum atomic E-state index is -0.108. The first-order valence-electron chi connectivity index (χ1n) is 25.5. The van der Waals surface area contributed by atoms with E-state index in [-0.39, 0.29) is 5.41 Å². The Kier molecular flexibility index (Phi) is 11.8. The van der Waals surface area contributed by atoms with Crippen molar-refractivity contribution in [3.63, 3.8) is 0 Å². The zero-order valence-corrected chi connectivity index (χ0v) is 40.7. The first-order valence-corrected chi connectivity index (χ1v) is 25.5. The second kappa shape index (κ2) is 18.9. The van der Waals surface area contributed by atoms with Gasteiger partial charge in [-0.1, -0.05) is 203 Å². The lowest BCUT2D eigenvalue weighted by molar-refractivity contribution is 0.444. The van der Waals surface area contributed by atoms with Crippen LogP contribution >= 0.6 is 0 Å². The predicted molar refractivity (Wildman–Crippen MR) is 301 cm³/mol. The van der Waals surface area contributed by atoms with Crippen LogP contribution in [0.5, 0.6) is 0 Å². The molecule has 0 bridgehead atoms. The zero-order chi connectivity index (χ0) is 47.7. The van der Waals surface area contributed by atoms with Crippen LogP contribution < -0.4 is 9.80 Å². The molecule has 2 aliphatic carbocycles. The molecule has 0 saturated heterocycles. The van der Waals surface area contributed by atoms with Gasteiger partial charge in [-0.3, -0.25) is 0 Å². The average Bonchev–Trinajstić information content (AvgIpc) is 3.67. The fourth-order valence-electron chi connectivity index (χ4n) is 11.7. The number of hydrogen-bond donors (Lipinski definition) is 0. The highest BCUT2D eigenvalue weighted by Crippen LogP contribution is 2.52. The smallest absolute Gasteiger partial charge is 0.0496 e. The number of benzene rings is 10. The summed E-state index contributed by atoms with van der Waals surface area (Å²) in [6.07, 6.45) is 6.39. The van der Waals surface area contributed by atoms with E-state index in [9.17, 15) is 0 Å². The van der Waals surface area contributed by atoms with Gasteiger partial charge in [0.05, 0.1) is 0 Å². The van der Waals surface area contributed by atoms with Gasteiger partial charge in [-0.25, -0.2) is 0 Å². The fourth-order valence-corrected chi connectivity index (χ4v) is 11.7. The van der Waals surface area contributed by atoms with Gasteiger partial charge in [0.25, 0.3) is 0 Å². The Hall–Kier alpha value is -8.20. The summed E-state index contributed by atoms with van der Waals surface area (Å²) in [6, 6.07) is 91.9. The van der Waals surface area contributed by atoms with Gasteiger partial charge in [-0.2, -0.15) is 0 Å². The number of para-hydroxylation sites is 3. The van der Waals surface area contributed by atoms with Crippen LogP contribution in [-0.2, 0) is 5.41 Å². The molecular formula is C69H58N2. The van der Waals surface area contributed by atoms with Crippen LogP contribution in [-0.4, -0.2) is 0 Å². The second-order valence-electron chi connectivity index (χ2n) is 19.9. The quantitative estimate of drug-likeness (QED) is 0.128. The Morgan fingerprint density at radius 3 is 1.27 bits per heavy atom. The van der Waals surface area contributed by atoms with Crippen LogP contribution in [0.2, 0.25) is 0 Å². The van der Waals surface area contributed by atoms with E-state index in [4.69, 9.17) is 0 Å². The minimum Gasteiger partial charge on any atom is -0.311 e. The van der Waals surface area contributed by atoms with Crippen LogP contribution in [0.25, 0.3) is 55.6 Å². The second-order valence-corrected chi connectivity index (χ2v) is 19.9. The van der Waals surface area contributed by atoms with Crippen molar-refractivity contribution >= 4 is 34.1 Å². The van der Waals surface area contributed by atoms with E-state index in [1.165, 1.54) is 116 Å². The Morgan fingerprint density at radius 1 is 0.310 bits per heavy atom. The molecule has 1 saturated carbocycles. The monoisotopic (exact) mass is 914 g/mol. The maximum atomic E-state index is 2.55. The largest absolute Gasteiger partial charge is 0.311 e. The molecular weight excluding hydrogens is 857 g/mol. The van der Waals surface area contributed by atoms with E-state index >= 15 is 0 Å². The maximum Gasteiger partial charge on any atom is 0.0496 e. The maximum absolute atomic E-state index is 2.55. The lowest BCUT2D eigenvalue weighted by atomic mass is 9.82. The number of anilines is 6. The molecule has 2 nitrogen and oxygen atoms in total. The molecule has 0 aromatic heterocycles. The van der Waals surface area contributed by atoms with Gasteiger partial charge in [-0.15, -0.1) is 0 Å². The molecule has 0 N–H and O–H groups in total. The summed E-state index contributed by atoms with van der Waals surface area (Å²) in [6.45, 7) is 4.77. The average molecular weight is 915 g/mol. The molecule has 71 heavy (non-hydrogen) atoms. The Balaban J connectivity index is 0.990. The van der Waals surface area contributed by atoms with Gasteiger partial charge < -0.3 is 9.80 Å². The van der Waals surface area contributed by atoms with Gasteiger partial charge in [0.1, 0.15) is 0 Å². The Bertz CT molecular complexity index is 3410. The standard InChI is InChI=1S/C69H58N2/c1-69(2)66-34-20-18-33-60(66)61-45-44-58(46-67(61)69)71(68-35-21-19-32-59(68)49-22-8-3-9-23-49)57-42-38-53(39-43-57)65-48-62(50-24-10-4-11-25-50)64(47-63(65)51-26-12-5-13-27-51)52-36-40-56(41-37-52)70(54-28-14-6-15-29-54)55-30-16-7-17-31-55/h4-7,10-21,24-49H,3,8-9,22-23H2,1-2H3. The van der Waals surface area contributed by atoms with Crippen LogP contribution in [0.4, 0.5) is 34.1 Å². The zero-order valence-electron chi connectivity index (χ0n) is 40.7. The molecule has 0 spiro atoms. The lowest BCUT2D eigenvalue weighted by Gasteiger charge is -2.32. The van der Waals surface area contributed by atoms with Gasteiger partial charge in [0.15, 0.2) is 0 Å². The summed E-state index contributed by atoms with van der Waals surface area (Å²) in [5.41, 5.74) is 23.3. The SMILES string of the molecule is CC1(C)c2ccccc2-c2ccc(N(c3ccc(-c4cc(-c5ccccc5)c(-c5ccc(N(c6ccccc6)c6ccccc6)cc5)cc4-c4ccccc4)cc3)c3ccccc3C3CCCCC3)cc21. The van der Waals surface area contributed by atoms with Crippen molar-refractivity contribution in [2.24, 2.45) is 0 Å². The topological polar surface area (TPSA) is 6.48 Å². The molecule has 0 amide bonds. The predicted octanol–water partition coefficient (Wildman–Crippen LogP) is 19.6. The number of fused-ring (bicyclic) bond motifs is 3. The molecule has 1 fully saturated rings.